The van der Waals surface area contributed by atoms with E-state index in [1.807, 2.05) is 67.2 Å². The van der Waals surface area contributed by atoms with Gasteiger partial charge in [-0.15, -0.1) is 0 Å². The zero-order valence-corrected chi connectivity index (χ0v) is 17.2. The molecule has 0 fully saturated rings. The molecule has 0 aliphatic heterocycles. The molecule has 1 amide bonds. The summed E-state index contributed by atoms with van der Waals surface area (Å²) in [7, 11) is -3.96. The lowest BCUT2D eigenvalue weighted by Crippen LogP contribution is -2.36. The second-order valence-corrected chi connectivity index (χ2v) is 9.19. The predicted molar refractivity (Wildman–Crippen MR) is 113 cm³/mol. The Morgan fingerprint density at radius 1 is 1.14 bits per heavy atom. The van der Waals surface area contributed by atoms with Crippen LogP contribution >= 0.6 is 0 Å². The van der Waals surface area contributed by atoms with Gasteiger partial charge in [0.2, 0.25) is 15.9 Å². The van der Waals surface area contributed by atoms with Crippen LogP contribution in [0.3, 0.4) is 0 Å². The lowest BCUT2D eigenvalue weighted by atomic mass is 9.88. The second-order valence-electron chi connectivity index (χ2n) is 7.47. The van der Waals surface area contributed by atoms with Crippen LogP contribution in [0.1, 0.15) is 31.7 Å². The van der Waals surface area contributed by atoms with Crippen LogP contribution in [0, 0.1) is 17.2 Å². The SMILES string of the molecule is CC(C)CC(C(=O)NS(=O)(=O)CC#N)c1cccc(-c2ccc3[nH]ccc3c2)c1. The average Bonchev–Trinajstić information content (AvgIpc) is 3.13. The van der Waals surface area contributed by atoms with Crippen molar-refractivity contribution < 1.29 is 13.2 Å². The fourth-order valence-corrected chi connectivity index (χ4v) is 4.07. The monoisotopic (exact) mass is 409 g/mol. The summed E-state index contributed by atoms with van der Waals surface area (Å²) in [6.45, 7) is 3.96. The topological polar surface area (TPSA) is 103 Å². The molecule has 2 aromatic carbocycles. The van der Waals surface area contributed by atoms with Crippen molar-refractivity contribution >= 4 is 26.8 Å². The fraction of sp³-hybridized carbons (Fsp3) is 0.273. The zero-order valence-electron chi connectivity index (χ0n) is 16.3. The molecule has 2 N–H and O–H groups in total. The number of hydrogen-bond donors (Lipinski definition) is 2. The Kier molecular flexibility index (Phi) is 6.04. The van der Waals surface area contributed by atoms with E-state index in [4.69, 9.17) is 5.26 Å². The van der Waals surface area contributed by atoms with E-state index in [2.05, 4.69) is 11.1 Å². The molecule has 1 atom stereocenters. The highest BCUT2D eigenvalue weighted by atomic mass is 32.2. The standard InChI is InChI=1S/C22H23N3O3S/c1-15(2)12-20(22(26)25-29(27,28)11-9-23)18-5-3-4-16(13-18)17-6-7-21-19(14-17)8-10-24-21/h3-8,10,13-15,20,24H,11-12H2,1-2H3,(H,25,26). The van der Waals surface area contributed by atoms with Crippen molar-refractivity contribution in [2.24, 2.45) is 5.92 Å². The highest BCUT2D eigenvalue weighted by Crippen LogP contribution is 2.30. The largest absolute Gasteiger partial charge is 0.361 e. The maximum atomic E-state index is 12.8. The number of carbonyl (C=O) groups is 1. The van der Waals surface area contributed by atoms with E-state index in [0.717, 1.165) is 27.6 Å². The first-order valence-corrected chi connectivity index (χ1v) is 11.0. The number of aromatic nitrogens is 1. The molecule has 0 bridgehead atoms. The van der Waals surface area contributed by atoms with E-state index in [1.165, 1.54) is 0 Å². The molecule has 1 aromatic heterocycles. The minimum Gasteiger partial charge on any atom is -0.361 e. The number of carbonyl (C=O) groups excluding carboxylic acids is 1. The van der Waals surface area contributed by atoms with Gasteiger partial charge in [-0.2, -0.15) is 5.26 Å². The van der Waals surface area contributed by atoms with Gasteiger partial charge >= 0.3 is 0 Å². The van der Waals surface area contributed by atoms with Gasteiger partial charge in [0.15, 0.2) is 5.75 Å². The van der Waals surface area contributed by atoms with Gasteiger partial charge in [0.1, 0.15) is 0 Å². The summed E-state index contributed by atoms with van der Waals surface area (Å²) in [5, 5.41) is 9.75. The molecule has 0 saturated carbocycles. The second kappa shape index (κ2) is 8.50. The third-order valence-electron chi connectivity index (χ3n) is 4.71. The van der Waals surface area contributed by atoms with E-state index in [9.17, 15) is 13.2 Å². The van der Waals surface area contributed by atoms with Crippen LogP contribution < -0.4 is 4.72 Å². The first-order valence-electron chi connectivity index (χ1n) is 9.38. The maximum Gasteiger partial charge on any atom is 0.248 e. The van der Waals surface area contributed by atoms with Gasteiger partial charge in [0.25, 0.3) is 0 Å². The fourth-order valence-electron chi connectivity index (χ4n) is 3.38. The molecule has 0 saturated heterocycles. The predicted octanol–water partition coefficient (Wildman–Crippen LogP) is 3.93. The van der Waals surface area contributed by atoms with Crippen LogP contribution in [0.4, 0.5) is 0 Å². The molecule has 7 heteroatoms. The highest BCUT2D eigenvalue weighted by Gasteiger charge is 2.26. The number of benzene rings is 2. The number of hydrogen-bond acceptors (Lipinski definition) is 4. The van der Waals surface area contributed by atoms with Crippen molar-refractivity contribution in [2.75, 3.05) is 5.75 Å². The van der Waals surface area contributed by atoms with Gasteiger partial charge in [-0.3, -0.25) is 9.52 Å². The number of sulfonamides is 1. The molecule has 0 aliphatic rings. The highest BCUT2D eigenvalue weighted by molar-refractivity contribution is 7.90. The minimum absolute atomic E-state index is 0.185. The summed E-state index contributed by atoms with van der Waals surface area (Å²) in [5.41, 5.74) is 3.76. The van der Waals surface area contributed by atoms with E-state index < -0.39 is 27.6 Å². The van der Waals surface area contributed by atoms with Crippen molar-refractivity contribution in [3.05, 3.63) is 60.3 Å². The summed E-state index contributed by atoms with van der Waals surface area (Å²) in [6.07, 6.45) is 2.38. The lowest BCUT2D eigenvalue weighted by Gasteiger charge is -2.19. The molecule has 29 heavy (non-hydrogen) atoms. The molecule has 0 spiro atoms. The summed E-state index contributed by atoms with van der Waals surface area (Å²) in [5.74, 6) is -1.79. The molecule has 1 heterocycles. The van der Waals surface area contributed by atoms with Crippen LogP contribution in [0.15, 0.2) is 54.7 Å². The van der Waals surface area contributed by atoms with Gasteiger partial charge in [-0.25, -0.2) is 8.42 Å². The Morgan fingerprint density at radius 2 is 1.90 bits per heavy atom. The molecular weight excluding hydrogens is 386 g/mol. The van der Waals surface area contributed by atoms with E-state index in [-0.39, 0.29) is 5.92 Å². The Bertz CT molecular complexity index is 1170. The summed E-state index contributed by atoms with van der Waals surface area (Å²) in [4.78, 5) is 15.9. The maximum absolute atomic E-state index is 12.8. The van der Waals surface area contributed by atoms with Crippen LogP contribution in [-0.2, 0) is 14.8 Å². The zero-order chi connectivity index (χ0) is 21.0. The first kappa shape index (κ1) is 20.6. The first-order chi connectivity index (χ1) is 13.8. The third-order valence-corrected chi connectivity index (χ3v) is 5.73. The number of fused-ring (bicyclic) bond motifs is 1. The Hall–Kier alpha value is -3.11. The van der Waals surface area contributed by atoms with Gasteiger partial charge in [0.05, 0.1) is 12.0 Å². The van der Waals surface area contributed by atoms with Crippen molar-refractivity contribution in [1.82, 2.24) is 9.71 Å². The Morgan fingerprint density at radius 3 is 2.62 bits per heavy atom. The molecule has 6 nitrogen and oxygen atoms in total. The van der Waals surface area contributed by atoms with Crippen molar-refractivity contribution in [3.63, 3.8) is 0 Å². The van der Waals surface area contributed by atoms with Crippen molar-refractivity contribution in [2.45, 2.75) is 26.2 Å². The molecule has 3 rings (SSSR count). The van der Waals surface area contributed by atoms with Crippen LogP contribution in [0.5, 0.6) is 0 Å². The van der Waals surface area contributed by atoms with Crippen LogP contribution in [-0.4, -0.2) is 25.1 Å². The molecule has 150 valence electrons. The molecule has 1 unspecified atom stereocenters. The molecule has 0 aliphatic carbocycles. The summed E-state index contributed by atoms with van der Waals surface area (Å²) < 4.78 is 25.8. The van der Waals surface area contributed by atoms with Crippen LogP contribution in [0.25, 0.3) is 22.0 Å². The number of nitriles is 1. The Labute approximate surface area is 170 Å². The summed E-state index contributed by atoms with van der Waals surface area (Å²) in [6, 6.07) is 17.2. The number of H-pyrrole nitrogens is 1. The molecule has 3 aromatic rings. The summed E-state index contributed by atoms with van der Waals surface area (Å²) >= 11 is 0. The average molecular weight is 410 g/mol. The van der Waals surface area contributed by atoms with E-state index in [0.29, 0.717) is 6.42 Å². The number of amides is 1. The molecular formula is C22H23N3O3S. The van der Waals surface area contributed by atoms with E-state index in [1.54, 1.807) is 6.07 Å². The number of nitrogens with one attached hydrogen (secondary N) is 2. The van der Waals surface area contributed by atoms with Gasteiger partial charge in [0, 0.05) is 11.7 Å². The normalized spacial score (nSPS) is 12.6. The third kappa shape index (κ3) is 5.04. The van der Waals surface area contributed by atoms with Gasteiger partial charge < -0.3 is 4.98 Å². The number of aromatic amines is 1. The Balaban J connectivity index is 1.95. The van der Waals surface area contributed by atoms with Gasteiger partial charge in [-0.1, -0.05) is 44.2 Å². The number of rotatable bonds is 7. The smallest absolute Gasteiger partial charge is 0.248 e. The van der Waals surface area contributed by atoms with E-state index >= 15 is 0 Å². The number of nitrogens with zero attached hydrogens (tertiary/aromatic N) is 1. The van der Waals surface area contributed by atoms with Gasteiger partial charge in [-0.05, 0) is 52.6 Å². The van der Waals surface area contributed by atoms with Crippen LogP contribution in [0.2, 0.25) is 0 Å². The molecule has 0 radical (unpaired) electrons. The quantitative estimate of drug-likeness (QED) is 0.617. The van der Waals surface area contributed by atoms with Crippen molar-refractivity contribution in [1.29, 1.82) is 5.26 Å². The van der Waals surface area contributed by atoms with Crippen molar-refractivity contribution in [3.8, 4) is 17.2 Å². The minimum atomic E-state index is -3.96. The lowest BCUT2D eigenvalue weighted by molar-refractivity contribution is -0.121.